The molecule has 0 saturated carbocycles. The molecule has 7 aromatic rings. The van der Waals surface area contributed by atoms with E-state index < -0.39 is 12.0 Å². The first kappa shape index (κ1) is 44.1. The van der Waals surface area contributed by atoms with Crippen molar-refractivity contribution >= 4 is 39.1 Å². The highest BCUT2D eigenvalue weighted by Gasteiger charge is 2.29. The van der Waals surface area contributed by atoms with Crippen molar-refractivity contribution in [1.29, 1.82) is 0 Å². The van der Waals surface area contributed by atoms with Crippen molar-refractivity contribution < 1.29 is 28.6 Å². The van der Waals surface area contributed by atoms with Gasteiger partial charge in [-0.3, -0.25) is 19.8 Å². The number of aromatic nitrogens is 4. The van der Waals surface area contributed by atoms with Gasteiger partial charge in [0.15, 0.2) is 11.9 Å². The fraction of sp³-hybridized carbons (Fsp3) is 0.286. The highest BCUT2D eigenvalue weighted by Crippen LogP contribution is 2.49. The second-order valence-electron chi connectivity index (χ2n) is 16.3. The van der Waals surface area contributed by atoms with E-state index in [4.69, 9.17) is 30.8 Å². The van der Waals surface area contributed by atoms with Crippen molar-refractivity contribution in [1.82, 2.24) is 40.1 Å². The molecular weight excluding hydrogens is 867 g/mol. The highest BCUT2D eigenvalue weighted by molar-refractivity contribution is 7.22. The molecule has 1 fully saturated rings. The van der Waals surface area contributed by atoms with Gasteiger partial charge in [-0.15, -0.1) is 11.3 Å². The molecule has 65 heavy (non-hydrogen) atoms. The zero-order chi connectivity index (χ0) is 45.0. The van der Waals surface area contributed by atoms with Crippen LogP contribution in [-0.4, -0.2) is 105 Å². The van der Waals surface area contributed by atoms with Gasteiger partial charge in [-0.1, -0.05) is 60.1 Å². The van der Waals surface area contributed by atoms with Crippen molar-refractivity contribution in [3.8, 4) is 50.3 Å². The summed E-state index contributed by atoms with van der Waals surface area (Å²) in [5.41, 5.74) is 9.01. The van der Waals surface area contributed by atoms with E-state index in [0.29, 0.717) is 56.9 Å². The molecule has 0 spiro atoms. The number of rotatable bonds is 10. The van der Waals surface area contributed by atoms with Gasteiger partial charge in [0, 0.05) is 80.4 Å². The summed E-state index contributed by atoms with van der Waals surface area (Å²) >= 11 is 8.80. The van der Waals surface area contributed by atoms with Gasteiger partial charge in [-0.25, -0.2) is 29.8 Å². The van der Waals surface area contributed by atoms with Crippen molar-refractivity contribution in [2.75, 3.05) is 53.4 Å². The minimum absolute atomic E-state index is 0.00148. The Kier molecular flexibility index (Phi) is 13.3. The highest BCUT2D eigenvalue weighted by atomic mass is 35.5. The van der Waals surface area contributed by atoms with Crippen LogP contribution >= 0.6 is 22.9 Å². The van der Waals surface area contributed by atoms with Gasteiger partial charge in [0.05, 0.1) is 23.8 Å². The maximum atomic E-state index is 14.3. The van der Waals surface area contributed by atoms with Crippen LogP contribution in [0, 0.1) is 12.7 Å². The van der Waals surface area contributed by atoms with E-state index >= 15 is 0 Å². The quantitative estimate of drug-likeness (QED) is 0.101. The van der Waals surface area contributed by atoms with E-state index in [9.17, 15) is 14.4 Å². The maximum absolute atomic E-state index is 14.3. The zero-order valence-electron chi connectivity index (χ0n) is 36.3. The first-order chi connectivity index (χ1) is 31.6. The lowest BCUT2D eigenvalue weighted by atomic mass is 9.94. The first-order valence-electron chi connectivity index (χ1n) is 21.4. The summed E-state index contributed by atoms with van der Waals surface area (Å²) in [6, 6.07) is 25.7. The van der Waals surface area contributed by atoms with Crippen LogP contribution < -0.4 is 19.7 Å². The summed E-state index contributed by atoms with van der Waals surface area (Å²) in [4.78, 5) is 40.9. The number of nitrogens with one attached hydrogen (secondary N) is 1. The number of carbonyl (C=O) groups is 1. The number of ether oxygens (including phenoxy) is 3. The summed E-state index contributed by atoms with van der Waals surface area (Å²) in [6.07, 6.45) is 1.79. The topological polar surface area (TPSA) is 138 Å². The molecule has 0 aliphatic carbocycles. The Labute approximate surface area is 385 Å². The minimum Gasteiger partial charge on any atom is -0.496 e. The predicted molar refractivity (Wildman–Crippen MR) is 249 cm³/mol. The first-order valence-corrected chi connectivity index (χ1v) is 22.6. The number of hydrogen-bond acceptors (Lipinski definition) is 13. The van der Waals surface area contributed by atoms with Gasteiger partial charge < -0.3 is 19.1 Å². The van der Waals surface area contributed by atoms with Crippen LogP contribution in [0.15, 0.2) is 97.5 Å². The average Bonchev–Trinajstić information content (AvgIpc) is 3.72. The zero-order valence-corrected chi connectivity index (χ0v) is 37.8. The minimum atomic E-state index is -1.28. The number of halogens is 2. The Morgan fingerprint density at radius 2 is 1.72 bits per heavy atom. The van der Waals surface area contributed by atoms with Crippen LogP contribution in [-0.2, 0) is 30.9 Å². The molecular formula is C49H48ClFN8O5S. The average molecular weight is 915 g/mol. The number of hydrogen-bond donors (Lipinski definition) is 2. The number of carbonyl (C=O) groups excluding carboxylic acids is 1. The molecule has 4 bridgehead atoms. The molecule has 0 unspecified atom stereocenters. The Bertz CT molecular complexity index is 2840. The number of fused-ring (bicyclic) bond motifs is 6. The third-order valence-electron chi connectivity index (χ3n) is 12.0. The van der Waals surface area contributed by atoms with E-state index in [1.54, 1.807) is 31.5 Å². The van der Waals surface area contributed by atoms with Crippen molar-refractivity contribution in [3.63, 3.8) is 0 Å². The Morgan fingerprint density at radius 3 is 2.52 bits per heavy atom. The van der Waals surface area contributed by atoms with E-state index in [-0.39, 0.29) is 24.7 Å². The number of thiophene rings is 1. The molecule has 13 nitrogen and oxygen atoms in total. The molecule has 1 saturated heterocycles. The van der Waals surface area contributed by atoms with Gasteiger partial charge in [0.25, 0.3) is 5.91 Å². The lowest BCUT2D eigenvalue weighted by molar-refractivity contribution is -0.136. The maximum Gasteiger partial charge on any atom is 0.284 e. The van der Waals surface area contributed by atoms with Gasteiger partial charge in [-0.2, -0.15) is 0 Å². The van der Waals surface area contributed by atoms with E-state index in [1.807, 2.05) is 54.9 Å². The summed E-state index contributed by atoms with van der Waals surface area (Å²) in [5, 5.41) is 11.3. The van der Waals surface area contributed by atoms with Crippen LogP contribution in [0.4, 0.5) is 4.39 Å². The van der Waals surface area contributed by atoms with Crippen LogP contribution in [0.2, 0.25) is 5.02 Å². The summed E-state index contributed by atoms with van der Waals surface area (Å²) < 4.78 is 33.0. The van der Waals surface area contributed by atoms with Crippen LogP contribution in [0.5, 0.6) is 17.4 Å². The molecule has 16 heteroatoms. The molecule has 3 aliphatic heterocycles. The lowest BCUT2D eigenvalue weighted by Gasteiger charge is -2.34. The van der Waals surface area contributed by atoms with E-state index in [2.05, 4.69) is 48.8 Å². The fourth-order valence-corrected chi connectivity index (χ4v) is 9.85. The Balaban J connectivity index is 1.15. The van der Waals surface area contributed by atoms with Crippen LogP contribution in [0.3, 0.4) is 0 Å². The monoisotopic (exact) mass is 914 g/mol. The molecule has 4 aromatic carbocycles. The van der Waals surface area contributed by atoms with Crippen molar-refractivity contribution in [2.24, 2.45) is 0 Å². The second kappa shape index (κ2) is 19.6. The number of hydroxylamine groups is 1. The molecule has 3 aliphatic rings. The van der Waals surface area contributed by atoms with Gasteiger partial charge >= 0.3 is 0 Å². The normalized spacial score (nSPS) is 16.1. The predicted octanol–water partition coefficient (Wildman–Crippen LogP) is 8.23. The standard InChI is InChI=1S/C49H48ClFN8O5S/c1-30-37-14-11-33(44(30)50)27-59(23-22-58-20-18-57(2)19-21-58)26-31-8-15-39(63-28-36-16-17-52-46(55-36)38-6-4-5-7-40(38)62-3)34(24-31)25-41(47(60)56-61)64-48-43-42(37)45(65-49(43)54-29-53-48)32-9-12-35(51)13-10-32/h4-17,24,29,41,61H,18-23,25-28H2,1-3H3,(H,56,60)/t41-/m1/s1. The molecule has 6 heterocycles. The fourth-order valence-electron chi connectivity index (χ4n) is 8.47. The summed E-state index contributed by atoms with van der Waals surface area (Å²) in [6.45, 7) is 8.91. The number of nitrogens with zero attached hydrogens (tertiary/aromatic N) is 7. The van der Waals surface area contributed by atoms with Gasteiger partial charge in [0.2, 0.25) is 5.88 Å². The van der Waals surface area contributed by atoms with Gasteiger partial charge in [-0.05, 0) is 83.8 Å². The van der Waals surface area contributed by atoms with E-state index in [1.165, 1.54) is 29.8 Å². The number of piperazine rings is 1. The van der Waals surface area contributed by atoms with Crippen molar-refractivity contribution in [3.05, 3.63) is 136 Å². The number of para-hydroxylation sites is 1. The second-order valence-corrected chi connectivity index (χ2v) is 17.7. The molecule has 334 valence electrons. The molecule has 3 aromatic heterocycles. The molecule has 10 rings (SSSR count). The Morgan fingerprint density at radius 1 is 0.923 bits per heavy atom. The smallest absolute Gasteiger partial charge is 0.284 e. The molecule has 2 N–H and O–H groups in total. The van der Waals surface area contributed by atoms with Crippen molar-refractivity contribution in [2.45, 2.75) is 39.1 Å². The van der Waals surface area contributed by atoms with Crippen LogP contribution in [0.1, 0.15) is 27.9 Å². The number of amides is 1. The lowest BCUT2D eigenvalue weighted by Crippen LogP contribution is -2.46. The number of benzene rings is 4. The SMILES string of the molecule is COc1ccccc1-c1nccc(COc2ccc3cc2C[C@H](C(=O)NO)Oc2ncnc4sc(-c5ccc(F)cc5)c(c24)-c2ccc(c(Cl)c2C)CN(CCN2CCN(C)CC2)C3)n1. The third-order valence-corrected chi connectivity index (χ3v) is 13.7. The third kappa shape index (κ3) is 9.66. The summed E-state index contributed by atoms with van der Waals surface area (Å²) in [7, 11) is 3.76. The number of methoxy groups -OCH3 is 1. The largest absolute Gasteiger partial charge is 0.496 e. The van der Waals surface area contributed by atoms with Crippen LogP contribution in [0.25, 0.3) is 43.2 Å². The molecule has 1 amide bonds. The summed E-state index contributed by atoms with van der Waals surface area (Å²) in [5.74, 6) is 0.645. The molecule has 1 atom stereocenters. The Hall–Kier alpha value is -6.07. The molecule has 0 radical (unpaired) electrons. The van der Waals surface area contributed by atoms with Gasteiger partial charge in [0.1, 0.15) is 35.1 Å². The number of likely N-dealkylation sites (N-methyl/N-ethyl adjacent to an activating group) is 1. The van der Waals surface area contributed by atoms with E-state index in [0.717, 1.165) is 83.1 Å².